The van der Waals surface area contributed by atoms with Gasteiger partial charge in [0.05, 0.1) is 11.3 Å². The van der Waals surface area contributed by atoms with Crippen molar-refractivity contribution < 1.29 is 13.2 Å². The average molecular weight is 488 g/mol. The minimum absolute atomic E-state index is 0.0870. The van der Waals surface area contributed by atoms with E-state index in [0.29, 0.717) is 17.1 Å². The maximum absolute atomic E-state index is 13.4. The third-order valence-electron chi connectivity index (χ3n) is 7.39. The van der Waals surface area contributed by atoms with Crippen molar-refractivity contribution in [3.8, 4) is 0 Å². The van der Waals surface area contributed by atoms with Crippen LogP contribution in [0.15, 0.2) is 30.5 Å². The Labute approximate surface area is 203 Å². The summed E-state index contributed by atoms with van der Waals surface area (Å²) in [7, 11) is 4.22. The topological polar surface area (TPSA) is 83.2 Å². The van der Waals surface area contributed by atoms with E-state index >= 15 is 0 Å². The van der Waals surface area contributed by atoms with E-state index in [1.165, 1.54) is 13.0 Å². The summed E-state index contributed by atoms with van der Waals surface area (Å²) in [6, 6.07) is 5.98. The lowest BCUT2D eigenvalue weighted by Gasteiger charge is -2.44. The molecule has 1 saturated heterocycles. The highest BCUT2D eigenvalue weighted by Crippen LogP contribution is 2.35. The van der Waals surface area contributed by atoms with Gasteiger partial charge in [0.2, 0.25) is 0 Å². The number of pyridine rings is 1. The molecule has 188 valence electrons. The van der Waals surface area contributed by atoms with Crippen LogP contribution in [-0.2, 0) is 6.18 Å². The minimum Gasteiger partial charge on any atom is -0.356 e. The van der Waals surface area contributed by atoms with Crippen LogP contribution in [0.3, 0.4) is 0 Å². The molecule has 35 heavy (non-hydrogen) atoms. The standard InChI is InChI=1S/C25H32F3N7/c1-15-17(7-6-8-20(15)25(26,27)28)22(29)31-23-18-13-21(30-14-19(18)16(2)32-33-23)35-11-9-24(3,10-12-35)34(4)5/h6-8,13-14,22H,9-12,29H2,1-5H3,(H,31,33)/t22-/m0/s1. The van der Waals surface area contributed by atoms with Gasteiger partial charge in [-0.25, -0.2) is 4.98 Å². The van der Waals surface area contributed by atoms with Gasteiger partial charge in [0, 0.05) is 35.6 Å². The lowest BCUT2D eigenvalue weighted by molar-refractivity contribution is -0.138. The van der Waals surface area contributed by atoms with Crippen LogP contribution in [0, 0.1) is 13.8 Å². The number of fused-ring (bicyclic) bond motifs is 1. The third-order valence-corrected chi connectivity index (χ3v) is 7.39. The second-order valence-electron chi connectivity index (χ2n) is 9.74. The molecule has 3 N–H and O–H groups in total. The van der Waals surface area contributed by atoms with E-state index in [2.05, 4.69) is 51.3 Å². The molecule has 1 aliphatic heterocycles. The molecule has 1 fully saturated rings. The molecular weight excluding hydrogens is 455 g/mol. The summed E-state index contributed by atoms with van der Waals surface area (Å²) in [6.07, 6.45) is -1.55. The number of hydrogen-bond donors (Lipinski definition) is 2. The number of halogens is 3. The van der Waals surface area contributed by atoms with Gasteiger partial charge in [-0.15, -0.1) is 5.10 Å². The summed E-state index contributed by atoms with van der Waals surface area (Å²) in [5, 5.41) is 13.2. The second-order valence-corrected chi connectivity index (χ2v) is 9.74. The molecule has 1 aliphatic rings. The zero-order chi connectivity index (χ0) is 25.5. The van der Waals surface area contributed by atoms with E-state index in [9.17, 15) is 13.2 Å². The molecule has 2 aromatic heterocycles. The molecule has 3 aromatic rings. The summed E-state index contributed by atoms with van der Waals surface area (Å²) in [5.41, 5.74) is 6.93. The van der Waals surface area contributed by atoms with E-state index in [-0.39, 0.29) is 11.1 Å². The van der Waals surface area contributed by atoms with Gasteiger partial charge < -0.3 is 20.9 Å². The Morgan fingerprint density at radius 1 is 1.11 bits per heavy atom. The third kappa shape index (κ3) is 4.90. The normalized spacial score (nSPS) is 17.1. The Bertz CT molecular complexity index is 1220. The van der Waals surface area contributed by atoms with E-state index in [0.717, 1.165) is 48.6 Å². The Hall–Kier alpha value is -2.98. The second kappa shape index (κ2) is 9.23. The minimum atomic E-state index is -4.45. The molecule has 0 aliphatic carbocycles. The number of nitrogens with zero attached hydrogens (tertiary/aromatic N) is 5. The van der Waals surface area contributed by atoms with Gasteiger partial charge in [0.15, 0.2) is 5.82 Å². The molecule has 0 saturated carbocycles. The Morgan fingerprint density at radius 3 is 2.43 bits per heavy atom. The molecule has 3 heterocycles. The molecule has 0 bridgehead atoms. The van der Waals surface area contributed by atoms with Crippen molar-refractivity contribution in [2.75, 3.05) is 37.4 Å². The number of rotatable bonds is 5. The van der Waals surface area contributed by atoms with Gasteiger partial charge >= 0.3 is 6.18 Å². The molecule has 4 rings (SSSR count). The van der Waals surface area contributed by atoms with Crippen molar-refractivity contribution in [3.05, 3.63) is 52.8 Å². The first-order chi connectivity index (χ1) is 16.4. The Balaban J connectivity index is 1.65. The monoisotopic (exact) mass is 487 g/mol. The first-order valence-electron chi connectivity index (χ1n) is 11.6. The highest BCUT2D eigenvalue weighted by atomic mass is 19.4. The highest BCUT2D eigenvalue weighted by Gasteiger charge is 2.34. The molecular formula is C25H32F3N7. The number of alkyl halides is 3. The molecule has 0 radical (unpaired) electrons. The molecule has 10 heteroatoms. The average Bonchev–Trinajstić information content (AvgIpc) is 2.80. The van der Waals surface area contributed by atoms with Crippen LogP contribution in [0.2, 0.25) is 0 Å². The summed E-state index contributed by atoms with van der Waals surface area (Å²) in [6.45, 7) is 7.29. The van der Waals surface area contributed by atoms with E-state index in [1.807, 2.05) is 13.0 Å². The van der Waals surface area contributed by atoms with Crippen LogP contribution < -0.4 is 16.0 Å². The van der Waals surface area contributed by atoms with Crippen molar-refractivity contribution in [1.29, 1.82) is 0 Å². The Kier molecular flexibility index (Phi) is 6.63. The molecule has 0 spiro atoms. The maximum atomic E-state index is 13.4. The Morgan fingerprint density at radius 2 is 1.80 bits per heavy atom. The van der Waals surface area contributed by atoms with Crippen LogP contribution in [0.1, 0.15) is 48.3 Å². The number of hydrogen-bond acceptors (Lipinski definition) is 7. The number of aryl methyl sites for hydroxylation is 1. The first-order valence-corrected chi connectivity index (χ1v) is 11.6. The maximum Gasteiger partial charge on any atom is 0.416 e. The summed E-state index contributed by atoms with van der Waals surface area (Å²) < 4.78 is 40.2. The van der Waals surface area contributed by atoms with Gasteiger partial charge in [-0.3, -0.25) is 0 Å². The fourth-order valence-corrected chi connectivity index (χ4v) is 4.63. The quantitative estimate of drug-likeness (QED) is 0.507. The van der Waals surface area contributed by atoms with Gasteiger partial charge in [-0.2, -0.15) is 18.3 Å². The molecule has 1 aromatic carbocycles. The van der Waals surface area contributed by atoms with Crippen LogP contribution >= 0.6 is 0 Å². The van der Waals surface area contributed by atoms with Crippen molar-refractivity contribution in [2.24, 2.45) is 5.73 Å². The first kappa shape index (κ1) is 25.1. The number of nitrogens with two attached hydrogens (primary N) is 1. The fraction of sp³-hybridized carbons (Fsp3) is 0.480. The van der Waals surface area contributed by atoms with Gasteiger partial charge in [-0.05, 0) is 71.0 Å². The number of aromatic nitrogens is 3. The van der Waals surface area contributed by atoms with Crippen molar-refractivity contribution in [3.63, 3.8) is 0 Å². The van der Waals surface area contributed by atoms with Gasteiger partial charge in [-0.1, -0.05) is 12.1 Å². The number of benzene rings is 1. The predicted molar refractivity (Wildman–Crippen MR) is 132 cm³/mol. The van der Waals surface area contributed by atoms with Crippen LogP contribution in [0.25, 0.3) is 10.8 Å². The lowest BCUT2D eigenvalue weighted by atomic mass is 9.88. The number of nitrogens with one attached hydrogen (secondary N) is 1. The van der Waals surface area contributed by atoms with Crippen LogP contribution in [0.5, 0.6) is 0 Å². The summed E-state index contributed by atoms with van der Waals surface area (Å²) in [5.74, 6) is 1.24. The summed E-state index contributed by atoms with van der Waals surface area (Å²) >= 11 is 0. The largest absolute Gasteiger partial charge is 0.416 e. The number of anilines is 2. The predicted octanol–water partition coefficient (Wildman–Crippen LogP) is 4.65. The molecule has 0 amide bonds. The number of piperidine rings is 1. The zero-order valence-corrected chi connectivity index (χ0v) is 20.7. The molecule has 1 atom stereocenters. The highest BCUT2D eigenvalue weighted by molar-refractivity contribution is 5.94. The van der Waals surface area contributed by atoms with Crippen LogP contribution in [0.4, 0.5) is 24.8 Å². The van der Waals surface area contributed by atoms with E-state index in [4.69, 9.17) is 5.73 Å². The lowest BCUT2D eigenvalue weighted by Crippen LogP contribution is -2.50. The van der Waals surface area contributed by atoms with E-state index in [1.54, 1.807) is 12.3 Å². The molecule has 0 unspecified atom stereocenters. The smallest absolute Gasteiger partial charge is 0.356 e. The van der Waals surface area contributed by atoms with Crippen molar-refractivity contribution >= 4 is 22.4 Å². The van der Waals surface area contributed by atoms with Crippen LogP contribution in [-0.4, -0.2) is 52.8 Å². The van der Waals surface area contributed by atoms with Gasteiger partial charge in [0.1, 0.15) is 12.0 Å². The van der Waals surface area contributed by atoms with E-state index < -0.39 is 17.9 Å². The van der Waals surface area contributed by atoms with Crippen molar-refractivity contribution in [2.45, 2.75) is 51.5 Å². The molecule has 7 nitrogen and oxygen atoms in total. The van der Waals surface area contributed by atoms with Gasteiger partial charge in [0.25, 0.3) is 0 Å². The van der Waals surface area contributed by atoms with Crippen molar-refractivity contribution in [1.82, 2.24) is 20.1 Å². The fourth-order valence-electron chi connectivity index (χ4n) is 4.63. The summed E-state index contributed by atoms with van der Waals surface area (Å²) in [4.78, 5) is 9.20. The SMILES string of the molecule is Cc1c([C@@H](N)Nc2nnc(C)c3cnc(N4CCC(C)(N(C)C)CC4)cc23)cccc1C(F)(F)F. The zero-order valence-electron chi connectivity index (χ0n) is 20.7.